The predicted octanol–water partition coefficient (Wildman–Crippen LogP) is 2.89. The minimum atomic E-state index is -4.53. The molecule has 1 unspecified atom stereocenters. The Balaban J connectivity index is 3.24. The molecule has 0 saturated heterocycles. The van der Waals surface area contributed by atoms with Crippen molar-refractivity contribution in [2.75, 3.05) is 0 Å². The van der Waals surface area contributed by atoms with Gasteiger partial charge in [-0.3, -0.25) is 4.79 Å². The molecule has 0 spiro atoms. The standard InChI is InChI=1S/C10H9ClF3NO/c1-5(15)9(16)6-2-7(10(12,13)14)4-8(11)3-6/h2-5H,15H2,1H3. The van der Waals surface area contributed by atoms with E-state index in [-0.39, 0.29) is 10.6 Å². The van der Waals surface area contributed by atoms with Crippen LogP contribution in [0.1, 0.15) is 22.8 Å². The molecule has 0 fully saturated rings. The summed E-state index contributed by atoms with van der Waals surface area (Å²) in [5.74, 6) is -0.576. The van der Waals surface area contributed by atoms with Crippen LogP contribution in [0.2, 0.25) is 5.02 Å². The highest BCUT2D eigenvalue weighted by atomic mass is 35.5. The van der Waals surface area contributed by atoms with Gasteiger partial charge in [0.15, 0.2) is 5.78 Å². The van der Waals surface area contributed by atoms with Crippen LogP contribution < -0.4 is 5.73 Å². The molecule has 0 aliphatic rings. The lowest BCUT2D eigenvalue weighted by Crippen LogP contribution is -2.27. The van der Waals surface area contributed by atoms with Crippen molar-refractivity contribution < 1.29 is 18.0 Å². The zero-order chi connectivity index (χ0) is 12.5. The van der Waals surface area contributed by atoms with E-state index in [1.807, 2.05) is 0 Å². The van der Waals surface area contributed by atoms with Crippen molar-refractivity contribution in [2.45, 2.75) is 19.1 Å². The lowest BCUT2D eigenvalue weighted by Gasteiger charge is -2.10. The number of carbonyl (C=O) groups excluding carboxylic acids is 1. The number of ketones is 1. The summed E-state index contributed by atoms with van der Waals surface area (Å²) >= 11 is 5.51. The molecule has 2 nitrogen and oxygen atoms in total. The van der Waals surface area contributed by atoms with Gasteiger partial charge in [-0.25, -0.2) is 0 Å². The van der Waals surface area contributed by atoms with Crippen LogP contribution in [-0.2, 0) is 6.18 Å². The molecule has 6 heteroatoms. The van der Waals surface area contributed by atoms with Gasteiger partial charge in [0.2, 0.25) is 0 Å². The molecule has 0 aromatic heterocycles. The average Bonchev–Trinajstić information content (AvgIpc) is 2.14. The maximum absolute atomic E-state index is 12.4. The molecule has 1 atom stereocenters. The number of halogens is 4. The molecular weight excluding hydrogens is 243 g/mol. The minimum Gasteiger partial charge on any atom is -0.321 e. The summed E-state index contributed by atoms with van der Waals surface area (Å²) in [5, 5.41) is -0.140. The third kappa shape index (κ3) is 2.96. The van der Waals surface area contributed by atoms with Gasteiger partial charge in [-0.2, -0.15) is 13.2 Å². The van der Waals surface area contributed by atoms with E-state index >= 15 is 0 Å². The van der Waals surface area contributed by atoms with E-state index in [0.717, 1.165) is 12.1 Å². The Labute approximate surface area is 95.2 Å². The second-order valence-electron chi connectivity index (χ2n) is 3.38. The quantitative estimate of drug-likeness (QED) is 0.822. The summed E-state index contributed by atoms with van der Waals surface area (Å²) in [6, 6.07) is 1.82. The van der Waals surface area contributed by atoms with Crippen LogP contribution in [0, 0.1) is 0 Å². The molecule has 0 saturated carbocycles. The Morgan fingerprint density at radius 2 is 1.94 bits per heavy atom. The number of alkyl halides is 3. The van der Waals surface area contributed by atoms with E-state index in [0.29, 0.717) is 0 Å². The van der Waals surface area contributed by atoms with Crippen LogP contribution in [0.4, 0.5) is 13.2 Å². The molecule has 0 amide bonds. The summed E-state index contributed by atoms with van der Waals surface area (Å²) in [7, 11) is 0. The van der Waals surface area contributed by atoms with Gasteiger partial charge in [0, 0.05) is 10.6 Å². The summed E-state index contributed by atoms with van der Waals surface area (Å²) in [6.45, 7) is 1.40. The molecule has 0 bridgehead atoms. The summed E-state index contributed by atoms with van der Waals surface area (Å²) in [5.41, 5.74) is 4.22. The van der Waals surface area contributed by atoms with Crippen molar-refractivity contribution in [3.8, 4) is 0 Å². The number of carbonyl (C=O) groups is 1. The molecule has 2 N–H and O–H groups in total. The van der Waals surface area contributed by atoms with Gasteiger partial charge in [0.05, 0.1) is 11.6 Å². The third-order valence-corrected chi connectivity index (χ3v) is 2.14. The molecule has 0 aliphatic heterocycles. The SMILES string of the molecule is CC(N)C(=O)c1cc(Cl)cc(C(F)(F)F)c1. The molecule has 16 heavy (non-hydrogen) atoms. The summed E-state index contributed by atoms with van der Waals surface area (Å²) < 4.78 is 37.2. The number of nitrogens with two attached hydrogens (primary N) is 1. The van der Waals surface area contributed by atoms with Crippen molar-refractivity contribution in [1.82, 2.24) is 0 Å². The fourth-order valence-electron chi connectivity index (χ4n) is 1.16. The molecule has 0 radical (unpaired) electrons. The van der Waals surface area contributed by atoms with Crippen molar-refractivity contribution in [3.63, 3.8) is 0 Å². The molecule has 88 valence electrons. The molecule has 1 aromatic rings. The van der Waals surface area contributed by atoms with Crippen molar-refractivity contribution >= 4 is 17.4 Å². The molecule has 1 aromatic carbocycles. The minimum absolute atomic E-state index is 0.130. The molecule has 0 heterocycles. The van der Waals surface area contributed by atoms with Crippen molar-refractivity contribution in [1.29, 1.82) is 0 Å². The molecule has 0 aliphatic carbocycles. The van der Waals surface area contributed by atoms with Gasteiger partial charge >= 0.3 is 6.18 Å². The topological polar surface area (TPSA) is 43.1 Å². The first-order valence-electron chi connectivity index (χ1n) is 4.39. The number of rotatable bonds is 2. The van der Waals surface area contributed by atoms with E-state index in [4.69, 9.17) is 17.3 Å². The van der Waals surface area contributed by atoms with Gasteiger partial charge < -0.3 is 5.73 Å². The normalized spacial score (nSPS) is 13.6. The Bertz CT molecular complexity index is 415. The fraction of sp³-hybridized carbons (Fsp3) is 0.300. The first kappa shape index (κ1) is 13.0. The van der Waals surface area contributed by atoms with Crippen LogP contribution >= 0.6 is 11.6 Å². The number of Topliss-reactive ketones (excluding diaryl/α,β-unsaturated/α-hetero) is 1. The van der Waals surface area contributed by atoms with Gasteiger partial charge in [0.1, 0.15) is 0 Å². The predicted molar refractivity (Wildman–Crippen MR) is 54.4 cm³/mol. The van der Waals surface area contributed by atoms with Gasteiger partial charge in [-0.15, -0.1) is 0 Å². The van der Waals surface area contributed by atoms with Gasteiger partial charge in [-0.1, -0.05) is 11.6 Å². The maximum Gasteiger partial charge on any atom is 0.416 e. The Kier molecular flexibility index (Phi) is 3.60. The first-order chi connectivity index (χ1) is 7.21. The fourth-order valence-corrected chi connectivity index (χ4v) is 1.39. The zero-order valence-electron chi connectivity index (χ0n) is 8.31. The number of hydrogen-bond donors (Lipinski definition) is 1. The van der Waals surface area contributed by atoms with E-state index in [9.17, 15) is 18.0 Å². The van der Waals surface area contributed by atoms with Crippen LogP contribution in [0.15, 0.2) is 18.2 Å². The number of hydrogen-bond acceptors (Lipinski definition) is 2. The van der Waals surface area contributed by atoms with E-state index in [1.165, 1.54) is 13.0 Å². The van der Waals surface area contributed by atoms with Gasteiger partial charge in [-0.05, 0) is 25.1 Å². The largest absolute Gasteiger partial charge is 0.416 e. The highest BCUT2D eigenvalue weighted by Gasteiger charge is 2.31. The smallest absolute Gasteiger partial charge is 0.321 e. The van der Waals surface area contributed by atoms with E-state index < -0.39 is 23.6 Å². The van der Waals surface area contributed by atoms with Gasteiger partial charge in [0.25, 0.3) is 0 Å². The second-order valence-corrected chi connectivity index (χ2v) is 3.82. The Morgan fingerprint density at radius 3 is 2.38 bits per heavy atom. The van der Waals surface area contributed by atoms with E-state index in [1.54, 1.807) is 0 Å². The van der Waals surface area contributed by atoms with Crippen LogP contribution in [0.3, 0.4) is 0 Å². The second kappa shape index (κ2) is 4.43. The lowest BCUT2D eigenvalue weighted by atomic mass is 10.0. The van der Waals surface area contributed by atoms with Crippen LogP contribution in [0.5, 0.6) is 0 Å². The van der Waals surface area contributed by atoms with E-state index in [2.05, 4.69) is 0 Å². The molecule has 1 rings (SSSR count). The Morgan fingerprint density at radius 1 is 1.38 bits per heavy atom. The van der Waals surface area contributed by atoms with Crippen molar-refractivity contribution in [3.05, 3.63) is 34.3 Å². The summed E-state index contributed by atoms with van der Waals surface area (Å²) in [6.07, 6.45) is -4.53. The monoisotopic (exact) mass is 251 g/mol. The Hall–Kier alpha value is -1.07. The van der Waals surface area contributed by atoms with Crippen LogP contribution in [0.25, 0.3) is 0 Å². The van der Waals surface area contributed by atoms with Crippen LogP contribution in [-0.4, -0.2) is 11.8 Å². The summed E-state index contributed by atoms with van der Waals surface area (Å²) in [4.78, 5) is 11.4. The number of benzene rings is 1. The average molecular weight is 252 g/mol. The maximum atomic E-state index is 12.4. The van der Waals surface area contributed by atoms with Crippen molar-refractivity contribution in [2.24, 2.45) is 5.73 Å². The zero-order valence-corrected chi connectivity index (χ0v) is 9.06. The first-order valence-corrected chi connectivity index (χ1v) is 4.77. The molecular formula is C10H9ClF3NO. The third-order valence-electron chi connectivity index (χ3n) is 1.92. The highest BCUT2D eigenvalue weighted by Crippen LogP contribution is 2.32. The lowest BCUT2D eigenvalue weighted by molar-refractivity contribution is -0.137. The highest BCUT2D eigenvalue weighted by molar-refractivity contribution is 6.31.